The van der Waals surface area contributed by atoms with E-state index in [1.807, 2.05) is 31.2 Å². The molecular weight excluding hydrogens is 328 g/mol. The normalized spacial score (nSPS) is 21.0. The van der Waals surface area contributed by atoms with Gasteiger partial charge in [-0.2, -0.15) is 0 Å². The van der Waals surface area contributed by atoms with Crippen molar-refractivity contribution in [3.8, 4) is 5.75 Å². The number of ether oxygens (including phenoxy) is 1. The molecule has 0 amide bonds. The quantitative estimate of drug-likeness (QED) is 0.885. The van der Waals surface area contributed by atoms with Gasteiger partial charge in [-0.3, -0.25) is 0 Å². The van der Waals surface area contributed by atoms with Gasteiger partial charge in [0.25, 0.3) is 0 Å². The lowest BCUT2D eigenvalue weighted by atomic mass is 9.76. The predicted octanol–water partition coefficient (Wildman–Crippen LogP) is 4.14. The van der Waals surface area contributed by atoms with E-state index in [1.54, 1.807) is 7.11 Å². The number of methoxy groups -OCH3 is 1. The Morgan fingerprint density at radius 1 is 1.14 bits per heavy atom. The summed E-state index contributed by atoms with van der Waals surface area (Å²) < 4.78 is 6.56. The van der Waals surface area contributed by atoms with Crippen LogP contribution < -0.4 is 4.74 Å². The maximum atomic E-state index is 11.2. The zero-order valence-corrected chi connectivity index (χ0v) is 13.9. The monoisotopic (exact) mass is 346 g/mol. The highest BCUT2D eigenvalue weighted by molar-refractivity contribution is 9.10. The summed E-state index contributed by atoms with van der Waals surface area (Å²) >= 11 is 3.51. The third kappa shape index (κ3) is 2.72. The number of aryl methyl sites for hydroxylation is 2. The van der Waals surface area contributed by atoms with Crippen molar-refractivity contribution >= 4 is 15.9 Å². The molecule has 110 valence electrons. The highest BCUT2D eigenvalue weighted by Gasteiger charge is 2.36. The Balaban J connectivity index is 2.03. The van der Waals surface area contributed by atoms with Crippen LogP contribution in [0.2, 0.25) is 0 Å². The lowest BCUT2D eigenvalue weighted by Gasteiger charge is -2.35. The summed E-state index contributed by atoms with van der Waals surface area (Å²) in [4.78, 5) is 0. The number of halogens is 1. The molecule has 0 radical (unpaired) electrons. The van der Waals surface area contributed by atoms with Crippen LogP contribution in [0.25, 0.3) is 0 Å². The van der Waals surface area contributed by atoms with Crippen molar-refractivity contribution in [2.24, 2.45) is 0 Å². The first-order valence-corrected chi connectivity index (χ1v) is 7.96. The van der Waals surface area contributed by atoms with Crippen LogP contribution in [0.4, 0.5) is 0 Å². The van der Waals surface area contributed by atoms with Gasteiger partial charge in [-0.05, 0) is 55.2 Å². The molecule has 0 bridgehead atoms. The van der Waals surface area contributed by atoms with E-state index in [2.05, 4.69) is 28.1 Å². The molecule has 1 atom stereocenters. The Morgan fingerprint density at radius 3 is 2.71 bits per heavy atom. The maximum Gasteiger partial charge on any atom is 0.124 e. The van der Waals surface area contributed by atoms with Gasteiger partial charge in [0.15, 0.2) is 0 Å². The van der Waals surface area contributed by atoms with Gasteiger partial charge in [0.05, 0.1) is 12.7 Å². The SMILES string of the molecule is COc1ccc(C)cc1C1(O)CCc2cc(Br)ccc2C1. The zero-order chi connectivity index (χ0) is 15.0. The highest BCUT2D eigenvalue weighted by atomic mass is 79.9. The van der Waals surface area contributed by atoms with Crippen molar-refractivity contribution < 1.29 is 9.84 Å². The van der Waals surface area contributed by atoms with Crippen molar-refractivity contribution in [1.29, 1.82) is 0 Å². The van der Waals surface area contributed by atoms with Crippen LogP contribution in [-0.2, 0) is 18.4 Å². The fourth-order valence-corrected chi connectivity index (χ4v) is 3.57. The summed E-state index contributed by atoms with van der Waals surface area (Å²) in [5.41, 5.74) is 3.73. The minimum absolute atomic E-state index is 0.634. The lowest BCUT2D eigenvalue weighted by molar-refractivity contribution is 0.0199. The summed E-state index contributed by atoms with van der Waals surface area (Å²) in [5, 5.41) is 11.2. The van der Waals surface area contributed by atoms with E-state index in [0.717, 1.165) is 34.2 Å². The fourth-order valence-electron chi connectivity index (χ4n) is 3.16. The lowest BCUT2D eigenvalue weighted by Crippen LogP contribution is -2.33. The van der Waals surface area contributed by atoms with Crippen molar-refractivity contribution in [3.05, 3.63) is 63.1 Å². The minimum atomic E-state index is -0.849. The third-order valence-corrected chi connectivity index (χ3v) is 4.81. The molecule has 2 aromatic rings. The molecule has 0 aliphatic heterocycles. The van der Waals surface area contributed by atoms with Crippen LogP contribution in [0, 0.1) is 6.92 Å². The Labute approximate surface area is 133 Å². The number of hydrogen-bond donors (Lipinski definition) is 1. The van der Waals surface area contributed by atoms with Gasteiger partial charge >= 0.3 is 0 Å². The van der Waals surface area contributed by atoms with Gasteiger partial charge in [0.2, 0.25) is 0 Å². The Morgan fingerprint density at radius 2 is 1.95 bits per heavy atom. The van der Waals surface area contributed by atoms with E-state index in [1.165, 1.54) is 11.1 Å². The molecule has 0 saturated carbocycles. The van der Waals surface area contributed by atoms with Crippen molar-refractivity contribution in [1.82, 2.24) is 0 Å². The van der Waals surface area contributed by atoms with Gasteiger partial charge in [-0.25, -0.2) is 0 Å². The van der Waals surface area contributed by atoms with Crippen LogP contribution in [0.1, 0.15) is 28.7 Å². The van der Waals surface area contributed by atoms with Gasteiger partial charge in [-0.1, -0.05) is 33.6 Å². The van der Waals surface area contributed by atoms with Crippen molar-refractivity contribution in [3.63, 3.8) is 0 Å². The second-order valence-electron chi connectivity index (χ2n) is 5.83. The molecule has 1 N–H and O–H groups in total. The van der Waals surface area contributed by atoms with Crippen LogP contribution >= 0.6 is 15.9 Å². The average Bonchev–Trinajstić information content (AvgIpc) is 2.47. The zero-order valence-electron chi connectivity index (χ0n) is 12.3. The Bertz CT molecular complexity index is 681. The molecule has 2 aromatic carbocycles. The molecule has 0 aromatic heterocycles. The first-order chi connectivity index (χ1) is 10.0. The van der Waals surface area contributed by atoms with Crippen LogP contribution in [-0.4, -0.2) is 12.2 Å². The van der Waals surface area contributed by atoms with E-state index < -0.39 is 5.60 Å². The first-order valence-electron chi connectivity index (χ1n) is 7.17. The average molecular weight is 347 g/mol. The number of aliphatic hydroxyl groups is 1. The van der Waals surface area contributed by atoms with Gasteiger partial charge < -0.3 is 9.84 Å². The van der Waals surface area contributed by atoms with Gasteiger partial charge in [0.1, 0.15) is 5.75 Å². The van der Waals surface area contributed by atoms with E-state index in [0.29, 0.717) is 6.42 Å². The predicted molar refractivity (Wildman–Crippen MR) is 87.8 cm³/mol. The molecule has 1 aliphatic carbocycles. The number of rotatable bonds is 2. The summed E-state index contributed by atoms with van der Waals surface area (Å²) in [6, 6.07) is 12.3. The molecule has 3 rings (SSSR count). The minimum Gasteiger partial charge on any atom is -0.496 e. The standard InChI is InChI=1S/C18H19BrO2/c1-12-3-6-17(21-2)16(9-12)18(20)8-7-13-10-15(19)5-4-14(13)11-18/h3-6,9-10,20H,7-8,11H2,1-2H3. The van der Waals surface area contributed by atoms with Crippen molar-refractivity contribution in [2.45, 2.75) is 31.8 Å². The molecule has 2 nitrogen and oxygen atoms in total. The fraction of sp³-hybridized carbons (Fsp3) is 0.333. The van der Waals surface area contributed by atoms with Gasteiger partial charge in [-0.15, -0.1) is 0 Å². The van der Waals surface area contributed by atoms with Gasteiger partial charge in [0, 0.05) is 16.5 Å². The Hall–Kier alpha value is -1.32. The molecule has 0 spiro atoms. The van der Waals surface area contributed by atoms with E-state index in [-0.39, 0.29) is 0 Å². The highest BCUT2D eigenvalue weighted by Crippen LogP contribution is 2.41. The molecular formula is C18H19BrO2. The molecule has 0 heterocycles. The molecule has 0 saturated heterocycles. The molecule has 1 unspecified atom stereocenters. The Kier molecular flexibility index (Phi) is 3.80. The second-order valence-corrected chi connectivity index (χ2v) is 6.74. The van der Waals surface area contributed by atoms with Crippen LogP contribution in [0.15, 0.2) is 40.9 Å². The smallest absolute Gasteiger partial charge is 0.124 e. The summed E-state index contributed by atoms with van der Waals surface area (Å²) in [6.07, 6.45) is 2.23. The van der Waals surface area contributed by atoms with Crippen LogP contribution in [0.5, 0.6) is 5.75 Å². The summed E-state index contributed by atoms with van der Waals surface area (Å²) in [5.74, 6) is 0.767. The maximum absolute atomic E-state index is 11.2. The van der Waals surface area contributed by atoms with E-state index in [9.17, 15) is 5.11 Å². The molecule has 1 aliphatic rings. The third-order valence-electron chi connectivity index (χ3n) is 4.32. The topological polar surface area (TPSA) is 29.5 Å². The summed E-state index contributed by atoms with van der Waals surface area (Å²) in [7, 11) is 1.66. The number of benzene rings is 2. The first kappa shape index (κ1) is 14.6. The molecule has 0 fully saturated rings. The molecule has 3 heteroatoms. The van der Waals surface area contributed by atoms with E-state index >= 15 is 0 Å². The van der Waals surface area contributed by atoms with Crippen molar-refractivity contribution in [2.75, 3.05) is 7.11 Å². The largest absolute Gasteiger partial charge is 0.496 e. The van der Waals surface area contributed by atoms with E-state index in [4.69, 9.17) is 4.74 Å². The number of hydrogen-bond acceptors (Lipinski definition) is 2. The summed E-state index contributed by atoms with van der Waals surface area (Å²) in [6.45, 7) is 2.04. The number of fused-ring (bicyclic) bond motifs is 1. The second kappa shape index (κ2) is 5.47. The molecule has 21 heavy (non-hydrogen) atoms. The van der Waals surface area contributed by atoms with Crippen LogP contribution in [0.3, 0.4) is 0 Å².